The number of nitrogens with two attached hydrogens (primary N) is 1. The van der Waals surface area contributed by atoms with E-state index in [1.165, 1.54) is 6.20 Å². The van der Waals surface area contributed by atoms with Crippen LogP contribution >= 0.6 is 0 Å². The van der Waals surface area contributed by atoms with E-state index in [-0.39, 0.29) is 24.9 Å². The van der Waals surface area contributed by atoms with Gasteiger partial charge < -0.3 is 20.5 Å². The lowest BCUT2D eigenvalue weighted by Gasteiger charge is -2.22. The molecule has 0 unspecified atom stereocenters. The van der Waals surface area contributed by atoms with E-state index in [9.17, 15) is 9.59 Å². The monoisotopic (exact) mass is 293 g/mol. The van der Waals surface area contributed by atoms with Crippen LogP contribution in [0.5, 0.6) is 5.75 Å². The summed E-state index contributed by atoms with van der Waals surface area (Å²) in [4.78, 5) is 27.0. The minimum atomic E-state index is -0.543. The van der Waals surface area contributed by atoms with E-state index in [0.29, 0.717) is 17.1 Å². The number of aromatic nitrogens is 1. The highest BCUT2D eigenvalue weighted by Crippen LogP contribution is 2.28. The second-order valence-electron chi connectivity index (χ2n) is 5.85. The Balaban J connectivity index is 2.05. The first kappa shape index (κ1) is 15.2. The number of hydrogen-bond acceptors (Lipinski definition) is 6. The zero-order valence-corrected chi connectivity index (χ0v) is 12.3. The number of ether oxygens (including phenoxy) is 2. The molecule has 1 amide bonds. The van der Waals surface area contributed by atoms with Crippen LogP contribution in [0.2, 0.25) is 0 Å². The fraction of sp³-hybridized carbons (Fsp3) is 0.500. The quantitative estimate of drug-likeness (QED) is 0.810. The van der Waals surface area contributed by atoms with Gasteiger partial charge in [0.1, 0.15) is 5.60 Å². The molecule has 7 heteroatoms. The Hall–Kier alpha value is -2.15. The summed E-state index contributed by atoms with van der Waals surface area (Å²) < 4.78 is 10.5. The van der Waals surface area contributed by atoms with E-state index >= 15 is 0 Å². The summed E-state index contributed by atoms with van der Waals surface area (Å²) in [6.07, 6.45) is 1.56. The highest BCUT2D eigenvalue weighted by atomic mass is 16.6. The van der Waals surface area contributed by atoms with Crippen LogP contribution in [0.4, 0.5) is 5.82 Å². The van der Waals surface area contributed by atoms with E-state index in [1.807, 2.05) is 0 Å². The molecule has 7 nitrogen and oxygen atoms in total. The van der Waals surface area contributed by atoms with Gasteiger partial charge in [-0.25, -0.2) is 4.98 Å². The van der Waals surface area contributed by atoms with E-state index in [0.717, 1.165) is 0 Å². The summed E-state index contributed by atoms with van der Waals surface area (Å²) >= 11 is 0. The Labute approximate surface area is 122 Å². The average molecular weight is 293 g/mol. The summed E-state index contributed by atoms with van der Waals surface area (Å²) in [5.41, 5.74) is 6.10. The second-order valence-corrected chi connectivity index (χ2v) is 5.85. The third-order valence-electron chi connectivity index (χ3n) is 2.73. The van der Waals surface area contributed by atoms with Crippen molar-refractivity contribution in [2.75, 3.05) is 11.9 Å². The molecule has 0 fully saturated rings. The number of nitrogens with zero attached hydrogens (tertiary/aromatic N) is 1. The van der Waals surface area contributed by atoms with Gasteiger partial charge in [-0.05, 0) is 32.4 Å². The molecule has 3 N–H and O–H groups in total. The summed E-state index contributed by atoms with van der Waals surface area (Å²) in [5.74, 6) is 0.189. The first-order chi connectivity index (χ1) is 9.74. The van der Waals surface area contributed by atoms with Gasteiger partial charge in [0.2, 0.25) is 0 Å². The van der Waals surface area contributed by atoms with Crippen molar-refractivity contribution in [1.29, 1.82) is 0 Å². The molecule has 0 spiro atoms. The molecular formula is C14H19N3O4. The van der Waals surface area contributed by atoms with Crippen molar-refractivity contribution in [3.63, 3.8) is 0 Å². The van der Waals surface area contributed by atoms with Crippen molar-refractivity contribution >= 4 is 17.7 Å². The van der Waals surface area contributed by atoms with Crippen molar-refractivity contribution in [3.8, 4) is 5.75 Å². The van der Waals surface area contributed by atoms with Crippen LogP contribution in [0.25, 0.3) is 0 Å². The maximum atomic E-state index is 11.8. The van der Waals surface area contributed by atoms with Crippen LogP contribution in [0.15, 0.2) is 12.3 Å². The predicted molar refractivity (Wildman–Crippen MR) is 75.8 cm³/mol. The third kappa shape index (κ3) is 4.16. The second kappa shape index (κ2) is 5.69. The van der Waals surface area contributed by atoms with E-state index < -0.39 is 11.6 Å². The predicted octanol–water partition coefficient (Wildman–Crippen LogP) is 1.14. The highest BCUT2D eigenvalue weighted by Gasteiger charge is 2.22. The molecule has 0 aliphatic carbocycles. The summed E-state index contributed by atoms with van der Waals surface area (Å²) in [6, 6.07) is 1.13. The number of anilines is 1. The van der Waals surface area contributed by atoms with Gasteiger partial charge in [0.15, 0.2) is 18.2 Å². The lowest BCUT2D eigenvalue weighted by atomic mass is 10.1. The number of esters is 1. The Kier molecular flexibility index (Phi) is 4.13. The first-order valence-corrected chi connectivity index (χ1v) is 6.64. The molecule has 0 aromatic carbocycles. The van der Waals surface area contributed by atoms with Gasteiger partial charge in [-0.15, -0.1) is 0 Å². The van der Waals surface area contributed by atoms with Gasteiger partial charge in [-0.1, -0.05) is 0 Å². The van der Waals surface area contributed by atoms with Crippen molar-refractivity contribution in [3.05, 3.63) is 17.8 Å². The molecular weight excluding hydrogens is 274 g/mol. The van der Waals surface area contributed by atoms with Crippen LogP contribution < -0.4 is 15.8 Å². The lowest BCUT2D eigenvalue weighted by molar-refractivity contribution is -0.155. The van der Waals surface area contributed by atoms with Gasteiger partial charge in [-0.3, -0.25) is 9.59 Å². The summed E-state index contributed by atoms with van der Waals surface area (Å²) in [5, 5.41) is 2.59. The Morgan fingerprint density at radius 2 is 2.29 bits per heavy atom. The molecule has 0 saturated carbocycles. The smallest absolute Gasteiger partial charge is 0.308 e. The molecule has 21 heavy (non-hydrogen) atoms. The number of pyridine rings is 1. The number of amides is 1. The van der Waals surface area contributed by atoms with Crippen molar-refractivity contribution in [2.45, 2.75) is 38.8 Å². The zero-order chi connectivity index (χ0) is 15.6. The molecule has 0 saturated heterocycles. The van der Waals surface area contributed by atoms with Gasteiger partial charge in [0, 0.05) is 12.2 Å². The van der Waals surface area contributed by atoms with E-state index in [4.69, 9.17) is 15.2 Å². The fourth-order valence-electron chi connectivity index (χ4n) is 1.86. The van der Waals surface area contributed by atoms with Crippen LogP contribution in [-0.2, 0) is 14.3 Å². The molecule has 0 radical (unpaired) electrons. The van der Waals surface area contributed by atoms with Gasteiger partial charge in [-0.2, -0.15) is 0 Å². The molecule has 1 aromatic rings. The molecule has 1 aliphatic rings. The Morgan fingerprint density at radius 1 is 1.57 bits per heavy atom. The molecule has 1 aromatic heterocycles. The molecule has 2 heterocycles. The van der Waals surface area contributed by atoms with Crippen molar-refractivity contribution in [1.82, 2.24) is 4.98 Å². The van der Waals surface area contributed by atoms with Crippen LogP contribution in [0.1, 0.15) is 38.8 Å². The van der Waals surface area contributed by atoms with E-state index in [2.05, 4.69) is 10.3 Å². The lowest BCUT2D eigenvalue weighted by Crippen LogP contribution is -2.28. The SMILES string of the molecule is CC(C)(C)OC(=O)C[C@H](N)c1cnc2c(c1)OCC(=O)N2. The van der Waals surface area contributed by atoms with Gasteiger partial charge in [0.25, 0.3) is 5.91 Å². The topological polar surface area (TPSA) is 104 Å². The zero-order valence-electron chi connectivity index (χ0n) is 12.3. The van der Waals surface area contributed by atoms with Crippen LogP contribution in [-0.4, -0.2) is 29.1 Å². The van der Waals surface area contributed by atoms with E-state index in [1.54, 1.807) is 26.8 Å². The van der Waals surface area contributed by atoms with Crippen LogP contribution in [0.3, 0.4) is 0 Å². The largest absolute Gasteiger partial charge is 0.480 e. The summed E-state index contributed by atoms with van der Waals surface area (Å²) in [7, 11) is 0. The maximum absolute atomic E-state index is 11.8. The maximum Gasteiger partial charge on any atom is 0.308 e. The normalized spacial score (nSPS) is 15.5. The molecule has 2 rings (SSSR count). The van der Waals surface area contributed by atoms with Crippen LogP contribution in [0, 0.1) is 0 Å². The fourth-order valence-corrected chi connectivity index (χ4v) is 1.86. The van der Waals surface area contributed by atoms with Gasteiger partial charge in [0.05, 0.1) is 6.42 Å². The summed E-state index contributed by atoms with van der Waals surface area (Å²) in [6.45, 7) is 5.34. The molecule has 114 valence electrons. The number of carbonyl (C=O) groups excluding carboxylic acids is 2. The third-order valence-corrected chi connectivity index (χ3v) is 2.73. The minimum Gasteiger partial charge on any atom is -0.480 e. The molecule has 0 bridgehead atoms. The highest BCUT2D eigenvalue weighted by molar-refractivity contribution is 5.94. The number of fused-ring (bicyclic) bond motifs is 1. The molecule has 1 aliphatic heterocycles. The standard InChI is InChI=1S/C14H19N3O4/c1-14(2,3)21-12(19)5-9(15)8-4-10-13(16-6-8)17-11(18)7-20-10/h4,6,9H,5,7,15H2,1-3H3,(H,16,17,18)/t9-/m0/s1. The van der Waals surface area contributed by atoms with Gasteiger partial charge >= 0.3 is 5.97 Å². The average Bonchev–Trinajstić information content (AvgIpc) is 2.35. The number of rotatable bonds is 3. The first-order valence-electron chi connectivity index (χ1n) is 6.64. The Bertz CT molecular complexity index is 566. The van der Waals surface area contributed by atoms with Crippen molar-refractivity contribution < 1.29 is 19.1 Å². The Morgan fingerprint density at radius 3 is 2.95 bits per heavy atom. The van der Waals surface area contributed by atoms with Crippen molar-refractivity contribution in [2.24, 2.45) is 5.73 Å². The minimum absolute atomic E-state index is 0.0457. The number of hydrogen-bond donors (Lipinski definition) is 2. The number of nitrogens with one attached hydrogen (secondary N) is 1. The molecule has 1 atom stereocenters. The number of carbonyl (C=O) groups is 2.